The van der Waals surface area contributed by atoms with Crippen LogP contribution < -0.4 is 0 Å². The number of carboxylic acid groups (broad SMARTS) is 1. The van der Waals surface area contributed by atoms with Gasteiger partial charge in [-0.1, -0.05) is 12.1 Å². The van der Waals surface area contributed by atoms with E-state index in [9.17, 15) is 18.0 Å². The molecule has 1 N–H and O–H groups in total. The van der Waals surface area contributed by atoms with E-state index in [0.29, 0.717) is 5.56 Å². The fraction of sp³-hybridized carbons (Fsp3) is 0.167. The lowest BCUT2D eigenvalue weighted by molar-refractivity contribution is -0.141. The molecule has 1 aromatic rings. The molecule has 0 spiro atoms. The molecule has 1 aromatic heterocycles. The van der Waals surface area contributed by atoms with E-state index in [1.54, 1.807) is 0 Å². The van der Waals surface area contributed by atoms with Gasteiger partial charge >= 0.3 is 12.1 Å². The minimum atomic E-state index is -4.52. The van der Waals surface area contributed by atoms with Crippen molar-refractivity contribution in [1.82, 2.24) is 4.98 Å². The van der Waals surface area contributed by atoms with E-state index in [-0.39, 0.29) is 12.1 Å². The number of aromatic nitrogens is 1. The number of halogens is 3. The summed E-state index contributed by atoms with van der Waals surface area (Å²) in [6.45, 7) is 3.42. The first-order chi connectivity index (χ1) is 8.34. The predicted molar refractivity (Wildman–Crippen MR) is 59.8 cm³/mol. The molecule has 0 aliphatic carbocycles. The molecule has 0 aromatic carbocycles. The number of aliphatic carboxylic acids is 1. The van der Waals surface area contributed by atoms with E-state index in [1.807, 2.05) is 0 Å². The van der Waals surface area contributed by atoms with Crippen LogP contribution in [0.1, 0.15) is 17.0 Å². The first-order valence-electron chi connectivity index (χ1n) is 4.93. The van der Waals surface area contributed by atoms with Gasteiger partial charge in [0.05, 0.1) is 5.69 Å². The molecule has 6 heteroatoms. The maximum Gasteiger partial charge on any atom is 0.433 e. The molecule has 0 aliphatic heterocycles. The van der Waals surface area contributed by atoms with Crippen LogP contribution in [-0.2, 0) is 17.4 Å². The summed E-state index contributed by atoms with van der Waals surface area (Å²) in [5, 5.41) is 8.47. The average Bonchev–Trinajstić information content (AvgIpc) is 2.26. The van der Waals surface area contributed by atoms with Gasteiger partial charge < -0.3 is 5.11 Å². The average molecular weight is 257 g/mol. The number of rotatable bonds is 4. The highest BCUT2D eigenvalue weighted by molar-refractivity contribution is 5.85. The van der Waals surface area contributed by atoms with Crippen LogP contribution >= 0.6 is 0 Å². The third-order valence-corrected chi connectivity index (χ3v) is 2.04. The number of pyridine rings is 1. The normalized spacial score (nSPS) is 11.7. The topological polar surface area (TPSA) is 50.2 Å². The summed E-state index contributed by atoms with van der Waals surface area (Å²) in [6, 6.07) is 2.00. The van der Waals surface area contributed by atoms with E-state index < -0.39 is 17.8 Å². The molecular weight excluding hydrogens is 247 g/mol. The number of hydrogen-bond donors (Lipinski definition) is 1. The molecular formula is C12H10F3NO2. The van der Waals surface area contributed by atoms with E-state index in [1.165, 1.54) is 18.2 Å². The number of carbonyl (C=O) groups is 1. The molecule has 96 valence electrons. The molecule has 0 saturated heterocycles. The summed E-state index contributed by atoms with van der Waals surface area (Å²) in [5.41, 5.74) is -0.547. The fourth-order valence-electron chi connectivity index (χ4n) is 1.28. The Bertz CT molecular complexity index is 493. The summed E-state index contributed by atoms with van der Waals surface area (Å²) in [7, 11) is 0. The van der Waals surface area contributed by atoms with Crippen molar-refractivity contribution < 1.29 is 23.1 Å². The molecule has 0 amide bonds. The van der Waals surface area contributed by atoms with Crippen molar-refractivity contribution >= 4 is 12.0 Å². The molecule has 0 unspecified atom stereocenters. The van der Waals surface area contributed by atoms with Gasteiger partial charge in [-0.25, -0.2) is 9.78 Å². The van der Waals surface area contributed by atoms with Crippen LogP contribution in [0.5, 0.6) is 0 Å². The van der Waals surface area contributed by atoms with Crippen LogP contribution in [0.25, 0.3) is 6.08 Å². The SMILES string of the molecule is C=CCc1nc(C(F)(F)F)ccc1/C=C/C(=O)O. The Labute approximate surface area is 101 Å². The Hall–Kier alpha value is -2.11. The Balaban J connectivity index is 3.20. The van der Waals surface area contributed by atoms with Crippen LogP contribution in [0.4, 0.5) is 13.2 Å². The van der Waals surface area contributed by atoms with Crippen LogP contribution in [0.2, 0.25) is 0 Å². The third-order valence-electron chi connectivity index (χ3n) is 2.04. The maximum atomic E-state index is 12.5. The van der Waals surface area contributed by atoms with Crippen molar-refractivity contribution in [3.8, 4) is 0 Å². The van der Waals surface area contributed by atoms with E-state index in [2.05, 4.69) is 11.6 Å². The highest BCUT2D eigenvalue weighted by atomic mass is 19.4. The zero-order valence-electron chi connectivity index (χ0n) is 9.24. The van der Waals surface area contributed by atoms with Gasteiger partial charge in [0.2, 0.25) is 0 Å². The zero-order valence-corrected chi connectivity index (χ0v) is 9.24. The number of nitrogens with zero attached hydrogens (tertiary/aromatic N) is 1. The van der Waals surface area contributed by atoms with E-state index in [4.69, 9.17) is 5.11 Å². The smallest absolute Gasteiger partial charge is 0.433 e. The lowest BCUT2D eigenvalue weighted by atomic mass is 10.1. The largest absolute Gasteiger partial charge is 0.478 e. The van der Waals surface area contributed by atoms with Gasteiger partial charge in [0.25, 0.3) is 0 Å². The predicted octanol–water partition coefficient (Wildman–Crippen LogP) is 2.93. The van der Waals surface area contributed by atoms with Crippen molar-refractivity contribution in [3.05, 3.63) is 47.8 Å². The van der Waals surface area contributed by atoms with Gasteiger partial charge in [-0.2, -0.15) is 13.2 Å². The van der Waals surface area contributed by atoms with Crippen LogP contribution in [0.3, 0.4) is 0 Å². The molecule has 1 rings (SSSR count). The van der Waals surface area contributed by atoms with Gasteiger partial charge in [-0.05, 0) is 17.7 Å². The summed E-state index contributed by atoms with van der Waals surface area (Å²) >= 11 is 0. The molecule has 1 heterocycles. The summed E-state index contributed by atoms with van der Waals surface area (Å²) in [6.07, 6.45) is -0.944. The molecule has 0 bridgehead atoms. The van der Waals surface area contributed by atoms with Crippen molar-refractivity contribution in [3.63, 3.8) is 0 Å². The standard InChI is InChI=1S/C12H10F3NO2/c1-2-3-9-8(5-7-11(17)18)4-6-10(16-9)12(13,14)15/h2,4-7H,1,3H2,(H,17,18)/b7-5+. The summed E-state index contributed by atoms with van der Waals surface area (Å²) < 4.78 is 37.4. The number of hydrogen-bond acceptors (Lipinski definition) is 2. The van der Waals surface area contributed by atoms with Gasteiger partial charge in [0, 0.05) is 12.5 Å². The number of allylic oxidation sites excluding steroid dienone is 1. The zero-order chi connectivity index (χ0) is 13.8. The van der Waals surface area contributed by atoms with Gasteiger partial charge in [0.15, 0.2) is 0 Å². The Morgan fingerprint density at radius 3 is 2.61 bits per heavy atom. The molecule has 0 aliphatic rings. The Morgan fingerprint density at radius 2 is 2.11 bits per heavy atom. The minimum Gasteiger partial charge on any atom is -0.478 e. The van der Waals surface area contributed by atoms with Crippen LogP contribution in [0.15, 0.2) is 30.9 Å². The van der Waals surface area contributed by atoms with Crippen molar-refractivity contribution in [2.75, 3.05) is 0 Å². The third kappa shape index (κ3) is 3.73. The van der Waals surface area contributed by atoms with Crippen LogP contribution in [0, 0.1) is 0 Å². The number of alkyl halides is 3. The monoisotopic (exact) mass is 257 g/mol. The lowest BCUT2D eigenvalue weighted by Crippen LogP contribution is -2.10. The maximum absolute atomic E-state index is 12.5. The number of carboxylic acids is 1. The van der Waals surface area contributed by atoms with Gasteiger partial charge in [-0.15, -0.1) is 6.58 Å². The fourth-order valence-corrected chi connectivity index (χ4v) is 1.28. The van der Waals surface area contributed by atoms with Crippen molar-refractivity contribution in [2.45, 2.75) is 12.6 Å². The first-order valence-corrected chi connectivity index (χ1v) is 4.93. The molecule has 0 radical (unpaired) electrons. The molecule has 0 atom stereocenters. The van der Waals surface area contributed by atoms with E-state index >= 15 is 0 Å². The second-order valence-electron chi connectivity index (χ2n) is 3.39. The molecule has 18 heavy (non-hydrogen) atoms. The second kappa shape index (κ2) is 5.48. The first kappa shape index (κ1) is 14.0. The second-order valence-corrected chi connectivity index (χ2v) is 3.39. The Kier molecular flexibility index (Phi) is 4.25. The molecule has 0 saturated carbocycles. The van der Waals surface area contributed by atoms with Crippen molar-refractivity contribution in [1.29, 1.82) is 0 Å². The summed E-state index contributed by atoms with van der Waals surface area (Å²) in [5.74, 6) is -1.18. The summed E-state index contributed by atoms with van der Waals surface area (Å²) in [4.78, 5) is 13.8. The minimum absolute atomic E-state index is 0.128. The van der Waals surface area contributed by atoms with Gasteiger partial charge in [0.1, 0.15) is 5.69 Å². The van der Waals surface area contributed by atoms with Crippen molar-refractivity contribution in [2.24, 2.45) is 0 Å². The highest BCUT2D eigenvalue weighted by Gasteiger charge is 2.32. The molecule has 0 fully saturated rings. The quantitative estimate of drug-likeness (QED) is 0.666. The lowest BCUT2D eigenvalue weighted by Gasteiger charge is -2.09. The highest BCUT2D eigenvalue weighted by Crippen LogP contribution is 2.28. The Morgan fingerprint density at radius 1 is 1.44 bits per heavy atom. The van der Waals surface area contributed by atoms with E-state index in [0.717, 1.165) is 12.1 Å². The van der Waals surface area contributed by atoms with Crippen LogP contribution in [-0.4, -0.2) is 16.1 Å². The molecule has 3 nitrogen and oxygen atoms in total. The van der Waals surface area contributed by atoms with Gasteiger partial charge in [-0.3, -0.25) is 0 Å².